The van der Waals surface area contributed by atoms with Crippen molar-refractivity contribution in [2.24, 2.45) is 0 Å². The monoisotopic (exact) mass is 314 g/mol. The SMILES string of the molecule is Cc1cc(CN[C@H]2CCCN(c3cnc(C)c(F)c3)C2)ccn1. The van der Waals surface area contributed by atoms with Crippen molar-refractivity contribution in [1.82, 2.24) is 15.3 Å². The summed E-state index contributed by atoms with van der Waals surface area (Å²) in [6, 6.07) is 6.14. The molecule has 0 spiro atoms. The highest BCUT2D eigenvalue weighted by Gasteiger charge is 2.20. The topological polar surface area (TPSA) is 41.0 Å². The van der Waals surface area contributed by atoms with E-state index in [9.17, 15) is 4.39 Å². The molecule has 0 radical (unpaired) electrons. The number of hydrogen-bond acceptors (Lipinski definition) is 4. The summed E-state index contributed by atoms with van der Waals surface area (Å²) in [6.45, 7) is 6.37. The number of piperidine rings is 1. The van der Waals surface area contributed by atoms with Crippen molar-refractivity contribution in [2.75, 3.05) is 18.0 Å². The molecule has 0 saturated carbocycles. The fourth-order valence-electron chi connectivity index (χ4n) is 3.02. The molecule has 0 bridgehead atoms. The first kappa shape index (κ1) is 15.9. The van der Waals surface area contributed by atoms with Crippen LogP contribution in [0.2, 0.25) is 0 Å². The summed E-state index contributed by atoms with van der Waals surface area (Å²) in [6.07, 6.45) is 5.86. The van der Waals surface area contributed by atoms with Gasteiger partial charge in [0.2, 0.25) is 0 Å². The number of pyridine rings is 2. The van der Waals surface area contributed by atoms with Crippen LogP contribution in [0.15, 0.2) is 30.6 Å². The van der Waals surface area contributed by atoms with E-state index < -0.39 is 0 Å². The van der Waals surface area contributed by atoms with Gasteiger partial charge in [0.25, 0.3) is 0 Å². The van der Waals surface area contributed by atoms with Gasteiger partial charge in [0.15, 0.2) is 0 Å². The molecule has 4 nitrogen and oxygen atoms in total. The van der Waals surface area contributed by atoms with Gasteiger partial charge in [-0.1, -0.05) is 0 Å². The predicted octanol–water partition coefficient (Wildman–Crippen LogP) is 2.99. The highest BCUT2D eigenvalue weighted by molar-refractivity contribution is 5.45. The van der Waals surface area contributed by atoms with Crippen LogP contribution in [0.4, 0.5) is 10.1 Å². The lowest BCUT2D eigenvalue weighted by Gasteiger charge is -2.34. The van der Waals surface area contributed by atoms with Gasteiger partial charge in [-0.05, 0) is 44.4 Å². The van der Waals surface area contributed by atoms with Gasteiger partial charge in [-0.15, -0.1) is 0 Å². The smallest absolute Gasteiger partial charge is 0.146 e. The number of nitrogens with zero attached hydrogens (tertiary/aromatic N) is 3. The average Bonchev–Trinajstić information content (AvgIpc) is 2.56. The second kappa shape index (κ2) is 7.04. The van der Waals surface area contributed by atoms with Gasteiger partial charge in [0.1, 0.15) is 5.82 Å². The van der Waals surface area contributed by atoms with E-state index in [2.05, 4.69) is 26.3 Å². The number of hydrogen-bond donors (Lipinski definition) is 1. The van der Waals surface area contributed by atoms with Crippen LogP contribution in [0, 0.1) is 19.7 Å². The Balaban J connectivity index is 1.60. The summed E-state index contributed by atoms with van der Waals surface area (Å²) in [5.41, 5.74) is 3.61. The molecule has 1 atom stereocenters. The molecule has 5 heteroatoms. The van der Waals surface area contributed by atoms with E-state index in [0.717, 1.165) is 43.9 Å². The summed E-state index contributed by atoms with van der Waals surface area (Å²) in [4.78, 5) is 10.6. The van der Waals surface area contributed by atoms with Crippen LogP contribution in [0.1, 0.15) is 29.8 Å². The molecule has 0 amide bonds. The van der Waals surface area contributed by atoms with Crippen LogP contribution in [-0.4, -0.2) is 29.1 Å². The number of aromatic nitrogens is 2. The number of anilines is 1. The lowest BCUT2D eigenvalue weighted by Crippen LogP contribution is -2.45. The Morgan fingerprint density at radius 2 is 2.17 bits per heavy atom. The van der Waals surface area contributed by atoms with E-state index in [-0.39, 0.29) is 5.82 Å². The minimum absolute atomic E-state index is 0.232. The van der Waals surface area contributed by atoms with E-state index in [1.165, 1.54) is 5.56 Å². The summed E-state index contributed by atoms with van der Waals surface area (Å²) in [5, 5.41) is 3.61. The summed E-state index contributed by atoms with van der Waals surface area (Å²) < 4.78 is 13.7. The van der Waals surface area contributed by atoms with E-state index >= 15 is 0 Å². The Hall–Kier alpha value is -2.01. The molecular formula is C18H23FN4. The van der Waals surface area contributed by atoms with Crippen molar-refractivity contribution in [3.05, 3.63) is 53.4 Å². The number of rotatable bonds is 4. The van der Waals surface area contributed by atoms with E-state index in [0.29, 0.717) is 11.7 Å². The Bertz CT molecular complexity index is 674. The van der Waals surface area contributed by atoms with Gasteiger partial charge in [0.05, 0.1) is 17.6 Å². The van der Waals surface area contributed by atoms with Gasteiger partial charge in [-0.2, -0.15) is 0 Å². The Morgan fingerprint density at radius 1 is 1.30 bits per heavy atom. The lowest BCUT2D eigenvalue weighted by molar-refractivity contribution is 0.421. The normalized spacial score (nSPS) is 18.2. The second-order valence-corrected chi connectivity index (χ2v) is 6.23. The molecular weight excluding hydrogens is 291 g/mol. The van der Waals surface area contributed by atoms with Gasteiger partial charge < -0.3 is 10.2 Å². The van der Waals surface area contributed by atoms with Crippen LogP contribution in [0.25, 0.3) is 0 Å². The van der Waals surface area contributed by atoms with E-state index in [4.69, 9.17) is 0 Å². The first-order valence-electron chi connectivity index (χ1n) is 8.14. The standard InChI is InChI=1S/C18H23FN4/c1-13-8-15(5-6-20-13)10-22-16-4-3-7-23(12-16)17-9-18(19)14(2)21-11-17/h5-6,8-9,11,16,22H,3-4,7,10,12H2,1-2H3/t16-/m0/s1. The summed E-state index contributed by atoms with van der Waals surface area (Å²) >= 11 is 0. The number of nitrogens with one attached hydrogen (secondary N) is 1. The molecule has 1 fully saturated rings. The van der Waals surface area contributed by atoms with Crippen LogP contribution in [0.5, 0.6) is 0 Å². The predicted molar refractivity (Wildman–Crippen MR) is 90.0 cm³/mol. The Labute approximate surface area is 136 Å². The highest BCUT2D eigenvalue weighted by Crippen LogP contribution is 2.21. The van der Waals surface area contributed by atoms with Crippen molar-refractivity contribution < 1.29 is 4.39 Å². The molecule has 2 aromatic rings. The third-order valence-corrected chi connectivity index (χ3v) is 4.35. The van der Waals surface area contributed by atoms with Crippen LogP contribution in [-0.2, 0) is 6.54 Å². The Kier molecular flexibility index (Phi) is 4.86. The molecule has 1 saturated heterocycles. The first-order chi connectivity index (χ1) is 11.1. The minimum Gasteiger partial charge on any atom is -0.369 e. The summed E-state index contributed by atoms with van der Waals surface area (Å²) in [7, 11) is 0. The maximum atomic E-state index is 13.7. The number of halogens is 1. The van der Waals surface area contributed by atoms with Crippen molar-refractivity contribution in [3.8, 4) is 0 Å². The van der Waals surface area contributed by atoms with Crippen molar-refractivity contribution >= 4 is 5.69 Å². The largest absolute Gasteiger partial charge is 0.369 e. The second-order valence-electron chi connectivity index (χ2n) is 6.23. The van der Waals surface area contributed by atoms with Gasteiger partial charge >= 0.3 is 0 Å². The molecule has 3 rings (SSSR count). The molecule has 23 heavy (non-hydrogen) atoms. The molecule has 2 aromatic heterocycles. The van der Waals surface area contributed by atoms with Crippen LogP contribution in [0.3, 0.4) is 0 Å². The molecule has 0 unspecified atom stereocenters. The summed E-state index contributed by atoms with van der Waals surface area (Å²) in [5.74, 6) is -0.232. The third-order valence-electron chi connectivity index (χ3n) is 4.35. The van der Waals surface area contributed by atoms with Crippen LogP contribution >= 0.6 is 0 Å². The number of aryl methyl sites for hydroxylation is 2. The van der Waals surface area contributed by atoms with E-state index in [1.54, 1.807) is 19.2 Å². The average molecular weight is 314 g/mol. The van der Waals surface area contributed by atoms with Crippen molar-refractivity contribution in [1.29, 1.82) is 0 Å². The molecule has 1 N–H and O–H groups in total. The zero-order chi connectivity index (χ0) is 16.2. The van der Waals surface area contributed by atoms with Crippen molar-refractivity contribution in [2.45, 2.75) is 39.3 Å². The molecule has 0 aliphatic carbocycles. The fourth-order valence-corrected chi connectivity index (χ4v) is 3.02. The highest BCUT2D eigenvalue weighted by atomic mass is 19.1. The maximum absolute atomic E-state index is 13.7. The quantitative estimate of drug-likeness (QED) is 0.942. The van der Waals surface area contributed by atoms with Crippen LogP contribution < -0.4 is 10.2 Å². The van der Waals surface area contributed by atoms with Gasteiger partial charge in [-0.25, -0.2) is 4.39 Å². The molecule has 1 aliphatic rings. The zero-order valence-electron chi connectivity index (χ0n) is 13.7. The van der Waals surface area contributed by atoms with Crippen molar-refractivity contribution in [3.63, 3.8) is 0 Å². The fraction of sp³-hybridized carbons (Fsp3) is 0.444. The molecule has 0 aromatic carbocycles. The Morgan fingerprint density at radius 3 is 2.96 bits per heavy atom. The molecule has 1 aliphatic heterocycles. The zero-order valence-corrected chi connectivity index (χ0v) is 13.7. The van der Waals surface area contributed by atoms with Gasteiger partial charge in [-0.3, -0.25) is 9.97 Å². The molecule has 3 heterocycles. The minimum atomic E-state index is -0.232. The maximum Gasteiger partial charge on any atom is 0.146 e. The first-order valence-corrected chi connectivity index (χ1v) is 8.14. The van der Waals surface area contributed by atoms with E-state index in [1.807, 2.05) is 19.2 Å². The lowest BCUT2D eigenvalue weighted by atomic mass is 10.0. The van der Waals surface area contributed by atoms with Gasteiger partial charge in [0, 0.05) is 43.6 Å². The molecule has 122 valence electrons. The third kappa shape index (κ3) is 4.05.